The molecule has 0 saturated heterocycles. The number of hydrogen-bond acceptors (Lipinski definition) is 8. The zero-order chi connectivity index (χ0) is 13.1. The van der Waals surface area contributed by atoms with E-state index in [1.807, 2.05) is 0 Å². The molecule has 2 aromatic rings. The van der Waals surface area contributed by atoms with Crippen molar-refractivity contribution < 1.29 is 14.3 Å². The number of carbonyl (C=O) groups excluding carboxylic acids is 2. The minimum Gasteiger partial charge on any atom is -0.465 e. The van der Waals surface area contributed by atoms with Crippen LogP contribution in [-0.4, -0.2) is 33.6 Å². The number of aromatic nitrogens is 3. The summed E-state index contributed by atoms with van der Waals surface area (Å²) in [4.78, 5) is 27.5. The first kappa shape index (κ1) is 12.6. The molecular formula is C9H8N4O3S2. The van der Waals surface area contributed by atoms with E-state index in [-0.39, 0.29) is 5.69 Å². The summed E-state index contributed by atoms with van der Waals surface area (Å²) in [7, 11) is 1.29. The van der Waals surface area contributed by atoms with Crippen molar-refractivity contribution in [2.45, 2.75) is 6.92 Å². The van der Waals surface area contributed by atoms with Gasteiger partial charge in [0.25, 0.3) is 5.91 Å². The number of amides is 1. The summed E-state index contributed by atoms with van der Waals surface area (Å²) in [6.45, 7) is 1.67. The second-order valence-electron chi connectivity index (χ2n) is 3.17. The Hall–Kier alpha value is -1.87. The molecule has 1 N–H and O–H groups in total. The molecule has 0 saturated carbocycles. The lowest BCUT2D eigenvalue weighted by atomic mass is 10.4. The highest BCUT2D eigenvalue weighted by Gasteiger charge is 2.18. The van der Waals surface area contributed by atoms with Crippen LogP contribution in [-0.2, 0) is 4.74 Å². The standard InChI is InChI=1S/C9H8N4O3S2/c1-4-6(8(15)16-2)18-9(10-4)11-7(14)5-3-17-13-12-5/h3H,1-2H3,(H,10,11,14). The van der Waals surface area contributed by atoms with Crippen LogP contribution >= 0.6 is 22.9 Å². The zero-order valence-electron chi connectivity index (χ0n) is 9.46. The highest BCUT2D eigenvalue weighted by atomic mass is 32.1. The predicted molar refractivity (Wildman–Crippen MR) is 66.1 cm³/mol. The molecule has 94 valence electrons. The average Bonchev–Trinajstić information content (AvgIpc) is 2.97. The molecule has 1 amide bonds. The molecule has 2 heterocycles. The number of nitrogens with zero attached hydrogens (tertiary/aromatic N) is 3. The van der Waals surface area contributed by atoms with Gasteiger partial charge in [-0.25, -0.2) is 9.78 Å². The Morgan fingerprint density at radius 1 is 1.44 bits per heavy atom. The molecule has 0 atom stereocenters. The number of ether oxygens (including phenoxy) is 1. The topological polar surface area (TPSA) is 94.1 Å². The maximum atomic E-state index is 11.7. The van der Waals surface area contributed by atoms with Gasteiger partial charge in [0.2, 0.25) is 0 Å². The van der Waals surface area contributed by atoms with Crippen LogP contribution in [0.4, 0.5) is 5.13 Å². The van der Waals surface area contributed by atoms with Gasteiger partial charge in [-0.2, -0.15) is 0 Å². The van der Waals surface area contributed by atoms with Crippen molar-refractivity contribution >= 4 is 39.9 Å². The SMILES string of the molecule is COC(=O)c1sc(NC(=O)c2csnn2)nc1C. The molecule has 0 radical (unpaired) electrons. The fourth-order valence-electron chi connectivity index (χ4n) is 1.16. The third kappa shape index (κ3) is 2.51. The predicted octanol–water partition coefficient (Wildman–Crippen LogP) is 1.34. The van der Waals surface area contributed by atoms with Gasteiger partial charge in [-0.3, -0.25) is 10.1 Å². The van der Waals surface area contributed by atoms with Crippen LogP contribution < -0.4 is 5.32 Å². The van der Waals surface area contributed by atoms with E-state index >= 15 is 0 Å². The highest BCUT2D eigenvalue weighted by Crippen LogP contribution is 2.23. The van der Waals surface area contributed by atoms with Crippen LogP contribution in [0.1, 0.15) is 25.9 Å². The van der Waals surface area contributed by atoms with E-state index in [4.69, 9.17) is 0 Å². The number of methoxy groups -OCH3 is 1. The quantitative estimate of drug-likeness (QED) is 0.855. The maximum absolute atomic E-state index is 11.7. The van der Waals surface area contributed by atoms with E-state index in [0.717, 1.165) is 22.9 Å². The summed E-state index contributed by atoms with van der Waals surface area (Å²) >= 11 is 2.14. The Morgan fingerprint density at radius 2 is 2.22 bits per heavy atom. The Morgan fingerprint density at radius 3 is 2.83 bits per heavy atom. The van der Waals surface area contributed by atoms with Gasteiger partial charge in [0.1, 0.15) is 4.88 Å². The molecule has 0 aliphatic carbocycles. The summed E-state index contributed by atoms with van der Waals surface area (Å²) in [5.74, 6) is -0.880. The lowest BCUT2D eigenvalue weighted by Gasteiger charge is -1.95. The molecule has 2 rings (SSSR count). The molecule has 2 aromatic heterocycles. The first-order chi connectivity index (χ1) is 8.61. The Kier molecular flexibility index (Phi) is 3.63. The molecule has 9 heteroatoms. The van der Waals surface area contributed by atoms with E-state index in [2.05, 4.69) is 24.6 Å². The number of esters is 1. The van der Waals surface area contributed by atoms with E-state index in [1.165, 1.54) is 12.5 Å². The summed E-state index contributed by atoms with van der Waals surface area (Å²) in [5.41, 5.74) is 0.728. The molecule has 7 nitrogen and oxygen atoms in total. The van der Waals surface area contributed by atoms with Gasteiger partial charge in [-0.05, 0) is 18.5 Å². The molecule has 0 bridgehead atoms. The first-order valence-electron chi connectivity index (χ1n) is 4.76. The van der Waals surface area contributed by atoms with Crippen molar-refractivity contribution in [2.75, 3.05) is 12.4 Å². The van der Waals surface area contributed by atoms with E-state index in [9.17, 15) is 9.59 Å². The van der Waals surface area contributed by atoms with Crippen LogP contribution in [0, 0.1) is 6.92 Å². The smallest absolute Gasteiger partial charge is 0.350 e. The molecular weight excluding hydrogens is 276 g/mol. The lowest BCUT2D eigenvalue weighted by Crippen LogP contribution is -2.12. The van der Waals surface area contributed by atoms with Gasteiger partial charge < -0.3 is 4.74 Å². The summed E-state index contributed by atoms with van der Waals surface area (Å²) < 4.78 is 8.19. The van der Waals surface area contributed by atoms with Crippen LogP contribution in [0.2, 0.25) is 0 Å². The number of nitrogens with one attached hydrogen (secondary N) is 1. The molecule has 0 spiro atoms. The number of hydrogen-bond donors (Lipinski definition) is 1. The van der Waals surface area contributed by atoms with Crippen molar-refractivity contribution in [1.82, 2.24) is 14.6 Å². The minimum atomic E-state index is -0.471. The Bertz CT molecular complexity index is 579. The second kappa shape index (κ2) is 5.19. The number of rotatable bonds is 3. The van der Waals surface area contributed by atoms with Crippen molar-refractivity contribution in [3.63, 3.8) is 0 Å². The molecule has 18 heavy (non-hydrogen) atoms. The van der Waals surface area contributed by atoms with Crippen LogP contribution in [0.3, 0.4) is 0 Å². The Balaban J connectivity index is 2.16. The molecule has 0 aliphatic heterocycles. The summed E-state index contributed by atoms with van der Waals surface area (Å²) in [6, 6.07) is 0. The third-order valence-electron chi connectivity index (χ3n) is 1.98. The number of aryl methyl sites for hydroxylation is 1. The van der Waals surface area contributed by atoms with Crippen LogP contribution in [0.5, 0.6) is 0 Å². The second-order valence-corrected chi connectivity index (χ2v) is 4.78. The van der Waals surface area contributed by atoms with Crippen LogP contribution in [0.15, 0.2) is 5.38 Å². The number of thiazole rings is 1. The monoisotopic (exact) mass is 284 g/mol. The van der Waals surface area contributed by atoms with Crippen molar-refractivity contribution in [1.29, 1.82) is 0 Å². The normalized spacial score (nSPS) is 10.1. The van der Waals surface area contributed by atoms with Gasteiger partial charge in [-0.15, -0.1) is 5.10 Å². The minimum absolute atomic E-state index is 0.215. The van der Waals surface area contributed by atoms with Crippen molar-refractivity contribution in [3.8, 4) is 0 Å². The number of anilines is 1. The average molecular weight is 284 g/mol. The highest BCUT2D eigenvalue weighted by molar-refractivity contribution is 7.17. The van der Waals surface area contributed by atoms with Gasteiger partial charge in [0, 0.05) is 5.38 Å². The molecule has 0 aliphatic rings. The van der Waals surface area contributed by atoms with Gasteiger partial charge in [0.15, 0.2) is 10.8 Å². The van der Waals surface area contributed by atoms with Crippen molar-refractivity contribution in [2.24, 2.45) is 0 Å². The van der Waals surface area contributed by atoms with E-state index in [0.29, 0.717) is 15.7 Å². The van der Waals surface area contributed by atoms with Gasteiger partial charge in [0.05, 0.1) is 12.8 Å². The van der Waals surface area contributed by atoms with Gasteiger partial charge >= 0.3 is 5.97 Å². The third-order valence-corrected chi connectivity index (χ3v) is 3.54. The van der Waals surface area contributed by atoms with Crippen LogP contribution in [0.25, 0.3) is 0 Å². The fourth-order valence-corrected chi connectivity index (χ4v) is 2.47. The Labute approximate surface area is 110 Å². The molecule has 0 fully saturated rings. The zero-order valence-corrected chi connectivity index (χ0v) is 11.1. The first-order valence-corrected chi connectivity index (χ1v) is 6.41. The number of carbonyl (C=O) groups is 2. The van der Waals surface area contributed by atoms with E-state index in [1.54, 1.807) is 6.92 Å². The largest absolute Gasteiger partial charge is 0.465 e. The molecule has 0 unspecified atom stereocenters. The summed E-state index contributed by atoms with van der Waals surface area (Å²) in [6.07, 6.45) is 0. The maximum Gasteiger partial charge on any atom is 0.350 e. The summed E-state index contributed by atoms with van der Waals surface area (Å²) in [5, 5.41) is 8.03. The van der Waals surface area contributed by atoms with Gasteiger partial charge in [-0.1, -0.05) is 15.8 Å². The fraction of sp³-hybridized carbons (Fsp3) is 0.222. The van der Waals surface area contributed by atoms with E-state index < -0.39 is 11.9 Å². The van der Waals surface area contributed by atoms with Crippen molar-refractivity contribution in [3.05, 3.63) is 21.6 Å². The lowest BCUT2D eigenvalue weighted by molar-refractivity contribution is 0.0605. The molecule has 0 aromatic carbocycles.